The van der Waals surface area contributed by atoms with E-state index >= 15 is 0 Å². The minimum Gasteiger partial charge on any atom is -0.364 e. The monoisotopic (exact) mass is 428 g/mol. The Hall–Kier alpha value is -3.78. The molecule has 0 spiro atoms. The molecule has 0 aliphatic heterocycles. The number of thiophene rings is 1. The zero-order valence-electron chi connectivity index (χ0n) is 16.7. The van der Waals surface area contributed by atoms with Gasteiger partial charge in [0.25, 0.3) is 5.91 Å². The van der Waals surface area contributed by atoms with E-state index in [1.807, 2.05) is 48.5 Å². The number of carbonyl (C=O) groups excluding carboxylic acids is 1. The van der Waals surface area contributed by atoms with E-state index in [-0.39, 0.29) is 5.91 Å². The molecule has 0 saturated heterocycles. The Labute approximate surface area is 182 Å². The highest BCUT2D eigenvalue weighted by molar-refractivity contribution is 7.09. The van der Waals surface area contributed by atoms with Gasteiger partial charge in [0.2, 0.25) is 0 Å². The van der Waals surface area contributed by atoms with E-state index < -0.39 is 0 Å². The highest BCUT2D eigenvalue weighted by atomic mass is 32.1. The average molecular weight is 429 g/mol. The van der Waals surface area contributed by atoms with Crippen LogP contribution < -0.4 is 10.6 Å². The molecule has 154 valence electrons. The summed E-state index contributed by atoms with van der Waals surface area (Å²) in [6.45, 7) is 1.67. The molecule has 3 aromatic heterocycles. The van der Waals surface area contributed by atoms with Crippen LogP contribution in [0.3, 0.4) is 0 Å². The van der Waals surface area contributed by atoms with Crippen LogP contribution in [0.25, 0.3) is 21.8 Å². The van der Waals surface area contributed by atoms with Crippen molar-refractivity contribution in [3.63, 3.8) is 0 Å². The Balaban J connectivity index is 1.24. The van der Waals surface area contributed by atoms with E-state index in [1.54, 1.807) is 22.2 Å². The Morgan fingerprint density at radius 2 is 1.94 bits per heavy atom. The third kappa shape index (κ3) is 4.10. The molecule has 3 heterocycles. The zero-order chi connectivity index (χ0) is 21.0. The SMILES string of the molecule is O=C(NCCn1ncc2c(NCc3cccs3)ncnc21)c1ccc2ccccc2c1. The topological polar surface area (TPSA) is 84.7 Å². The molecule has 0 aliphatic carbocycles. The van der Waals surface area contributed by atoms with Crippen LogP contribution in [-0.4, -0.2) is 32.2 Å². The maximum absolute atomic E-state index is 12.6. The van der Waals surface area contributed by atoms with Crippen LogP contribution in [-0.2, 0) is 13.1 Å². The van der Waals surface area contributed by atoms with E-state index in [9.17, 15) is 4.79 Å². The number of anilines is 1. The van der Waals surface area contributed by atoms with Crippen molar-refractivity contribution in [2.24, 2.45) is 0 Å². The van der Waals surface area contributed by atoms with Crippen LogP contribution in [0.15, 0.2) is 72.5 Å². The molecule has 0 radical (unpaired) electrons. The second kappa shape index (κ2) is 8.53. The predicted octanol–water partition coefficient (Wildman–Crippen LogP) is 4.08. The van der Waals surface area contributed by atoms with Gasteiger partial charge >= 0.3 is 0 Å². The first-order valence-corrected chi connectivity index (χ1v) is 10.9. The highest BCUT2D eigenvalue weighted by Crippen LogP contribution is 2.20. The molecule has 0 fully saturated rings. The van der Waals surface area contributed by atoms with E-state index in [2.05, 4.69) is 37.1 Å². The lowest BCUT2D eigenvalue weighted by atomic mass is 10.1. The molecule has 31 heavy (non-hydrogen) atoms. The van der Waals surface area contributed by atoms with Gasteiger partial charge in [-0.15, -0.1) is 11.3 Å². The second-order valence-electron chi connectivity index (χ2n) is 7.08. The third-order valence-electron chi connectivity index (χ3n) is 5.06. The maximum atomic E-state index is 12.6. The van der Waals surface area contributed by atoms with Crippen LogP contribution in [0.4, 0.5) is 5.82 Å². The van der Waals surface area contributed by atoms with Crippen LogP contribution in [0.5, 0.6) is 0 Å². The van der Waals surface area contributed by atoms with Crippen molar-refractivity contribution < 1.29 is 4.79 Å². The first-order valence-electron chi connectivity index (χ1n) is 9.98. The summed E-state index contributed by atoms with van der Waals surface area (Å²) >= 11 is 1.70. The molecule has 0 bridgehead atoms. The summed E-state index contributed by atoms with van der Waals surface area (Å²) < 4.78 is 1.79. The van der Waals surface area contributed by atoms with Gasteiger partial charge in [0, 0.05) is 17.0 Å². The van der Waals surface area contributed by atoms with Gasteiger partial charge in [-0.25, -0.2) is 14.6 Å². The lowest BCUT2D eigenvalue weighted by molar-refractivity contribution is 0.0952. The summed E-state index contributed by atoms with van der Waals surface area (Å²) in [6.07, 6.45) is 3.29. The molecule has 5 rings (SSSR count). The van der Waals surface area contributed by atoms with Gasteiger partial charge in [-0.05, 0) is 34.4 Å². The van der Waals surface area contributed by atoms with Gasteiger partial charge in [0.15, 0.2) is 5.65 Å². The van der Waals surface area contributed by atoms with Gasteiger partial charge in [0.05, 0.1) is 24.7 Å². The summed E-state index contributed by atoms with van der Waals surface area (Å²) in [4.78, 5) is 22.5. The minimum atomic E-state index is -0.102. The maximum Gasteiger partial charge on any atom is 0.251 e. The van der Waals surface area contributed by atoms with E-state index in [4.69, 9.17) is 0 Å². The third-order valence-corrected chi connectivity index (χ3v) is 5.94. The Kier molecular flexibility index (Phi) is 5.28. The molecule has 1 amide bonds. The van der Waals surface area contributed by atoms with Crippen molar-refractivity contribution >= 4 is 44.9 Å². The van der Waals surface area contributed by atoms with E-state index in [1.165, 1.54) is 11.2 Å². The summed E-state index contributed by atoms with van der Waals surface area (Å²) in [6, 6.07) is 17.8. The molecular formula is C23H20N6OS. The fraction of sp³-hybridized carbons (Fsp3) is 0.130. The first-order chi connectivity index (χ1) is 15.3. The van der Waals surface area contributed by atoms with Crippen LogP contribution in [0.2, 0.25) is 0 Å². The standard InChI is InChI=1S/C23H20N6OS/c30-23(18-8-7-16-4-1-2-5-17(16)12-18)24-9-10-29-22-20(14-28-29)21(26-15-27-22)25-13-19-6-3-11-31-19/h1-8,11-12,14-15H,9-10,13H2,(H,24,30)(H,25,26,27). The van der Waals surface area contributed by atoms with Crippen LogP contribution in [0.1, 0.15) is 15.2 Å². The molecule has 5 aromatic rings. The number of aromatic nitrogens is 4. The Bertz CT molecular complexity index is 1340. The quantitative estimate of drug-likeness (QED) is 0.408. The van der Waals surface area contributed by atoms with Crippen LogP contribution >= 0.6 is 11.3 Å². The average Bonchev–Trinajstić information content (AvgIpc) is 3.48. The van der Waals surface area contributed by atoms with Crippen molar-refractivity contribution in [3.05, 3.63) is 82.9 Å². The Morgan fingerprint density at radius 3 is 2.81 bits per heavy atom. The zero-order valence-corrected chi connectivity index (χ0v) is 17.5. The number of nitrogens with zero attached hydrogens (tertiary/aromatic N) is 4. The van der Waals surface area contributed by atoms with E-state index in [0.29, 0.717) is 25.2 Å². The number of carbonyl (C=O) groups is 1. The fourth-order valence-electron chi connectivity index (χ4n) is 3.49. The smallest absolute Gasteiger partial charge is 0.251 e. The van der Waals surface area contributed by atoms with E-state index in [0.717, 1.165) is 27.6 Å². The number of hydrogen-bond donors (Lipinski definition) is 2. The lowest BCUT2D eigenvalue weighted by Crippen LogP contribution is -2.27. The van der Waals surface area contributed by atoms with Gasteiger partial charge < -0.3 is 10.6 Å². The van der Waals surface area contributed by atoms with Crippen molar-refractivity contribution in [3.8, 4) is 0 Å². The minimum absolute atomic E-state index is 0.102. The number of rotatable bonds is 7. The molecule has 8 heteroatoms. The molecule has 0 atom stereocenters. The highest BCUT2D eigenvalue weighted by Gasteiger charge is 2.11. The summed E-state index contributed by atoms with van der Waals surface area (Å²) in [5.41, 5.74) is 1.38. The normalized spacial score (nSPS) is 11.1. The fourth-order valence-corrected chi connectivity index (χ4v) is 4.13. The number of hydrogen-bond acceptors (Lipinski definition) is 6. The summed E-state index contributed by atoms with van der Waals surface area (Å²) in [5, 5.41) is 15.8. The van der Waals surface area contributed by atoms with Gasteiger partial charge in [-0.3, -0.25) is 4.79 Å². The van der Waals surface area contributed by atoms with Gasteiger partial charge in [0.1, 0.15) is 12.1 Å². The molecule has 2 aromatic carbocycles. The lowest BCUT2D eigenvalue weighted by Gasteiger charge is -2.08. The molecule has 7 nitrogen and oxygen atoms in total. The van der Waals surface area contributed by atoms with Gasteiger partial charge in [-0.1, -0.05) is 36.4 Å². The van der Waals surface area contributed by atoms with Gasteiger partial charge in [-0.2, -0.15) is 5.10 Å². The van der Waals surface area contributed by atoms with Crippen molar-refractivity contribution in [1.82, 2.24) is 25.1 Å². The number of benzene rings is 2. The summed E-state index contributed by atoms with van der Waals surface area (Å²) in [5.74, 6) is 0.653. The largest absolute Gasteiger partial charge is 0.364 e. The van der Waals surface area contributed by atoms with Crippen LogP contribution in [0, 0.1) is 0 Å². The second-order valence-corrected chi connectivity index (χ2v) is 8.11. The molecule has 2 N–H and O–H groups in total. The first kappa shape index (κ1) is 19.2. The molecule has 0 aliphatic rings. The van der Waals surface area contributed by atoms with Crippen molar-refractivity contribution in [2.45, 2.75) is 13.1 Å². The molecule has 0 unspecified atom stereocenters. The molecular weight excluding hydrogens is 408 g/mol. The Morgan fingerprint density at radius 1 is 1.03 bits per heavy atom. The molecule has 0 saturated carbocycles. The number of fused-ring (bicyclic) bond motifs is 2. The van der Waals surface area contributed by atoms with Crippen molar-refractivity contribution in [1.29, 1.82) is 0 Å². The summed E-state index contributed by atoms with van der Waals surface area (Å²) in [7, 11) is 0. The predicted molar refractivity (Wildman–Crippen MR) is 123 cm³/mol. The number of amides is 1. The van der Waals surface area contributed by atoms with Crippen molar-refractivity contribution in [2.75, 3.05) is 11.9 Å². The number of nitrogens with one attached hydrogen (secondary N) is 2.